The highest BCUT2D eigenvalue weighted by atomic mass is 16.5. The molecule has 2 aliphatic rings. The molecule has 6 nitrogen and oxygen atoms in total. The summed E-state index contributed by atoms with van der Waals surface area (Å²) < 4.78 is 10.2. The quantitative estimate of drug-likeness (QED) is 0.915. The number of nitrogens with one attached hydrogen (secondary N) is 1. The summed E-state index contributed by atoms with van der Waals surface area (Å²) in [5.41, 5.74) is 2.42. The molecule has 1 aliphatic heterocycles. The molecule has 4 rings (SSSR count). The summed E-state index contributed by atoms with van der Waals surface area (Å²) >= 11 is 0. The minimum absolute atomic E-state index is 0.0858. The molecular formula is C18H27N5O. The highest BCUT2D eigenvalue weighted by Gasteiger charge is 2.32. The number of rotatable bonds is 5. The van der Waals surface area contributed by atoms with Crippen molar-refractivity contribution in [2.45, 2.75) is 51.2 Å². The number of hydrogen-bond acceptors (Lipinski definition) is 4. The Balaban J connectivity index is 1.42. The average molecular weight is 329 g/mol. The van der Waals surface area contributed by atoms with E-state index in [4.69, 9.17) is 4.74 Å². The summed E-state index contributed by atoms with van der Waals surface area (Å²) in [7, 11) is 2.03. The first-order chi connectivity index (χ1) is 11.7. The van der Waals surface area contributed by atoms with Crippen molar-refractivity contribution >= 4 is 5.69 Å². The van der Waals surface area contributed by atoms with Crippen molar-refractivity contribution in [3.8, 4) is 0 Å². The lowest BCUT2D eigenvalue weighted by molar-refractivity contribution is 0.0839. The van der Waals surface area contributed by atoms with Crippen molar-refractivity contribution in [1.82, 2.24) is 19.3 Å². The first-order valence-corrected chi connectivity index (χ1v) is 9.11. The Hall–Kier alpha value is -1.82. The van der Waals surface area contributed by atoms with Gasteiger partial charge in [0.1, 0.15) is 11.9 Å². The van der Waals surface area contributed by atoms with Gasteiger partial charge in [0.15, 0.2) is 0 Å². The molecule has 2 fully saturated rings. The van der Waals surface area contributed by atoms with E-state index in [1.165, 1.54) is 31.4 Å². The summed E-state index contributed by atoms with van der Waals surface area (Å²) in [4.78, 5) is 4.47. The van der Waals surface area contributed by atoms with Crippen LogP contribution in [0.3, 0.4) is 0 Å². The minimum Gasteiger partial charge on any atom is -0.382 e. The molecule has 6 heteroatoms. The standard InChI is InChI=1S/C18H27N5O/c1-13-16(12-21-23(13)15-5-3-4-6-15)20-11-14-7-10-24-17(14)18-19-8-9-22(18)2/h8-9,12,14-15,17,20H,3-7,10-11H2,1-2H3/t14-,17+/m0/s1. The van der Waals surface area contributed by atoms with E-state index in [-0.39, 0.29) is 6.10 Å². The maximum atomic E-state index is 5.95. The van der Waals surface area contributed by atoms with E-state index < -0.39 is 0 Å². The monoisotopic (exact) mass is 329 g/mol. The molecule has 3 heterocycles. The van der Waals surface area contributed by atoms with E-state index in [0.717, 1.165) is 31.1 Å². The van der Waals surface area contributed by atoms with E-state index in [0.29, 0.717) is 12.0 Å². The van der Waals surface area contributed by atoms with Gasteiger partial charge in [0.2, 0.25) is 0 Å². The number of anilines is 1. The van der Waals surface area contributed by atoms with Gasteiger partial charge >= 0.3 is 0 Å². The van der Waals surface area contributed by atoms with Crippen LogP contribution in [0.25, 0.3) is 0 Å². The molecule has 0 bridgehead atoms. The van der Waals surface area contributed by atoms with Gasteiger partial charge < -0.3 is 14.6 Å². The molecule has 2 aromatic rings. The lowest BCUT2D eigenvalue weighted by atomic mass is 10.0. The number of aryl methyl sites for hydroxylation is 1. The Morgan fingerprint density at radius 1 is 1.29 bits per heavy atom. The zero-order chi connectivity index (χ0) is 16.5. The smallest absolute Gasteiger partial charge is 0.138 e. The van der Waals surface area contributed by atoms with E-state index in [1.54, 1.807) is 0 Å². The fraction of sp³-hybridized carbons (Fsp3) is 0.667. The van der Waals surface area contributed by atoms with Crippen LogP contribution in [-0.2, 0) is 11.8 Å². The molecule has 0 spiro atoms. The molecule has 1 aliphatic carbocycles. The predicted octanol–water partition coefficient (Wildman–Crippen LogP) is 3.23. The molecule has 1 saturated carbocycles. The van der Waals surface area contributed by atoms with Crippen molar-refractivity contribution in [2.24, 2.45) is 13.0 Å². The topological polar surface area (TPSA) is 56.9 Å². The van der Waals surface area contributed by atoms with Crippen molar-refractivity contribution in [2.75, 3.05) is 18.5 Å². The number of aromatic nitrogens is 4. The van der Waals surface area contributed by atoms with E-state index >= 15 is 0 Å². The van der Waals surface area contributed by atoms with Crippen LogP contribution in [-0.4, -0.2) is 32.5 Å². The third kappa shape index (κ3) is 2.83. The lowest BCUT2D eigenvalue weighted by Gasteiger charge is -2.19. The molecule has 1 N–H and O–H groups in total. The molecule has 0 radical (unpaired) electrons. The molecule has 130 valence electrons. The van der Waals surface area contributed by atoms with E-state index in [2.05, 4.69) is 31.6 Å². The summed E-state index contributed by atoms with van der Waals surface area (Å²) in [6.07, 6.45) is 12.2. The number of imidazole rings is 1. The predicted molar refractivity (Wildman–Crippen MR) is 93.0 cm³/mol. The van der Waals surface area contributed by atoms with Crippen molar-refractivity contribution in [1.29, 1.82) is 0 Å². The van der Waals surface area contributed by atoms with E-state index in [1.807, 2.05) is 25.6 Å². The normalized spacial score (nSPS) is 24.8. The van der Waals surface area contributed by atoms with Crippen molar-refractivity contribution in [3.05, 3.63) is 30.1 Å². The van der Waals surface area contributed by atoms with Crippen LogP contribution in [0.5, 0.6) is 0 Å². The Morgan fingerprint density at radius 2 is 2.12 bits per heavy atom. The Labute approximate surface area is 143 Å². The summed E-state index contributed by atoms with van der Waals surface area (Å²) in [5, 5.41) is 8.24. The Kier molecular flexibility index (Phi) is 4.31. The molecular weight excluding hydrogens is 302 g/mol. The van der Waals surface area contributed by atoms with Crippen LogP contribution in [0.4, 0.5) is 5.69 Å². The third-order valence-electron chi connectivity index (χ3n) is 5.60. The van der Waals surface area contributed by atoms with Gasteiger partial charge in [-0.05, 0) is 26.2 Å². The first kappa shape index (κ1) is 15.7. The maximum absolute atomic E-state index is 5.95. The molecule has 2 atom stereocenters. The summed E-state index contributed by atoms with van der Waals surface area (Å²) in [6, 6.07) is 0.593. The van der Waals surface area contributed by atoms with Gasteiger partial charge in [-0.1, -0.05) is 12.8 Å². The minimum atomic E-state index is 0.0858. The average Bonchev–Trinajstić information content (AvgIpc) is 3.32. The van der Waals surface area contributed by atoms with Gasteiger partial charge in [0, 0.05) is 38.5 Å². The van der Waals surface area contributed by atoms with Crippen LogP contribution < -0.4 is 5.32 Å². The first-order valence-electron chi connectivity index (χ1n) is 9.11. The number of hydrogen-bond donors (Lipinski definition) is 1. The maximum Gasteiger partial charge on any atom is 0.138 e. The number of nitrogens with zero attached hydrogens (tertiary/aromatic N) is 4. The van der Waals surface area contributed by atoms with Crippen LogP contribution >= 0.6 is 0 Å². The Bertz CT molecular complexity index is 685. The third-order valence-corrected chi connectivity index (χ3v) is 5.60. The summed E-state index contributed by atoms with van der Waals surface area (Å²) in [5.74, 6) is 1.47. The summed E-state index contributed by atoms with van der Waals surface area (Å²) in [6.45, 7) is 3.88. The largest absolute Gasteiger partial charge is 0.382 e. The van der Waals surface area contributed by atoms with E-state index in [9.17, 15) is 0 Å². The second-order valence-corrected chi connectivity index (χ2v) is 7.14. The molecule has 0 amide bonds. The van der Waals surface area contributed by atoms with Crippen LogP contribution in [0.1, 0.15) is 55.8 Å². The lowest BCUT2D eigenvalue weighted by Crippen LogP contribution is -2.20. The number of ether oxygens (including phenoxy) is 1. The second-order valence-electron chi connectivity index (χ2n) is 7.14. The molecule has 24 heavy (non-hydrogen) atoms. The van der Waals surface area contributed by atoms with Crippen molar-refractivity contribution < 1.29 is 4.74 Å². The van der Waals surface area contributed by atoms with Crippen LogP contribution in [0.2, 0.25) is 0 Å². The Morgan fingerprint density at radius 3 is 2.88 bits per heavy atom. The molecule has 2 aromatic heterocycles. The fourth-order valence-corrected chi connectivity index (χ4v) is 4.13. The van der Waals surface area contributed by atoms with Gasteiger partial charge in [-0.3, -0.25) is 4.68 Å². The van der Waals surface area contributed by atoms with Crippen LogP contribution in [0.15, 0.2) is 18.6 Å². The molecule has 1 saturated heterocycles. The molecule has 0 unspecified atom stereocenters. The van der Waals surface area contributed by atoms with Gasteiger partial charge in [-0.2, -0.15) is 5.10 Å². The van der Waals surface area contributed by atoms with Gasteiger partial charge in [0.05, 0.1) is 23.6 Å². The second kappa shape index (κ2) is 6.59. The van der Waals surface area contributed by atoms with Gasteiger partial charge in [-0.25, -0.2) is 4.98 Å². The zero-order valence-electron chi connectivity index (χ0n) is 14.6. The van der Waals surface area contributed by atoms with Crippen LogP contribution in [0, 0.1) is 12.8 Å². The van der Waals surface area contributed by atoms with Gasteiger partial charge in [-0.15, -0.1) is 0 Å². The zero-order valence-corrected chi connectivity index (χ0v) is 14.6. The highest BCUT2D eigenvalue weighted by Crippen LogP contribution is 2.35. The fourth-order valence-electron chi connectivity index (χ4n) is 4.13. The SMILES string of the molecule is Cc1c(NC[C@@H]2CCO[C@H]2c2nccn2C)cnn1C1CCCC1. The highest BCUT2D eigenvalue weighted by molar-refractivity contribution is 5.46. The van der Waals surface area contributed by atoms with Crippen molar-refractivity contribution in [3.63, 3.8) is 0 Å². The van der Waals surface area contributed by atoms with Gasteiger partial charge in [0.25, 0.3) is 0 Å². The molecule has 0 aromatic carbocycles.